The van der Waals surface area contributed by atoms with Gasteiger partial charge in [-0.3, -0.25) is 14.3 Å². The van der Waals surface area contributed by atoms with Crippen LogP contribution in [0.2, 0.25) is 0 Å². The minimum absolute atomic E-state index is 0.0419. The van der Waals surface area contributed by atoms with Gasteiger partial charge in [0, 0.05) is 31.0 Å². The standard InChI is InChI=1S/C17H19FN2O5S/c1-4-20-17(22)11(8-19-20)15(21)10-7-12(18)16-14(9(10)2)13(25-3)5-6-26(16,23)24/h7-8,13,19H,4-6H2,1-3H3. The first-order chi connectivity index (χ1) is 12.2. The van der Waals surface area contributed by atoms with Gasteiger partial charge in [0.25, 0.3) is 5.56 Å². The van der Waals surface area contributed by atoms with Crippen LogP contribution >= 0.6 is 0 Å². The van der Waals surface area contributed by atoms with Crippen LogP contribution in [0.3, 0.4) is 0 Å². The number of sulfone groups is 1. The van der Waals surface area contributed by atoms with E-state index in [1.807, 2.05) is 0 Å². The van der Waals surface area contributed by atoms with E-state index in [4.69, 9.17) is 4.74 Å². The topological polar surface area (TPSA) is 98.2 Å². The summed E-state index contributed by atoms with van der Waals surface area (Å²) in [6, 6.07) is 0.898. The van der Waals surface area contributed by atoms with Crippen LogP contribution in [0.1, 0.15) is 46.5 Å². The summed E-state index contributed by atoms with van der Waals surface area (Å²) in [7, 11) is -2.38. The molecule has 1 aromatic carbocycles. The fourth-order valence-electron chi connectivity index (χ4n) is 3.38. The molecule has 9 heteroatoms. The number of benzene rings is 1. The van der Waals surface area contributed by atoms with E-state index in [1.54, 1.807) is 13.8 Å². The van der Waals surface area contributed by atoms with Crippen LogP contribution in [-0.4, -0.2) is 36.8 Å². The number of H-pyrrole nitrogens is 1. The summed E-state index contributed by atoms with van der Waals surface area (Å²) in [6.07, 6.45) is 0.820. The average Bonchev–Trinajstić information content (AvgIpc) is 2.97. The molecule has 1 atom stereocenters. The molecule has 0 saturated carbocycles. The van der Waals surface area contributed by atoms with Crippen LogP contribution in [0, 0.1) is 12.7 Å². The molecule has 1 unspecified atom stereocenters. The van der Waals surface area contributed by atoms with Gasteiger partial charge in [-0.05, 0) is 31.9 Å². The molecule has 2 aromatic rings. The first-order valence-corrected chi connectivity index (χ1v) is 9.79. The Morgan fingerprint density at radius 3 is 2.69 bits per heavy atom. The van der Waals surface area contributed by atoms with Gasteiger partial charge in [0.05, 0.1) is 11.9 Å². The largest absolute Gasteiger partial charge is 0.377 e. The maximum atomic E-state index is 14.7. The number of aromatic nitrogens is 2. The smallest absolute Gasteiger partial charge is 0.277 e. The van der Waals surface area contributed by atoms with E-state index in [0.717, 1.165) is 6.07 Å². The van der Waals surface area contributed by atoms with Gasteiger partial charge in [0.15, 0.2) is 9.84 Å². The van der Waals surface area contributed by atoms with E-state index < -0.39 is 38.0 Å². The molecular weight excluding hydrogens is 363 g/mol. The molecule has 1 N–H and O–H groups in total. The number of ether oxygens (including phenoxy) is 1. The second-order valence-corrected chi connectivity index (χ2v) is 8.22. The Kier molecular flexibility index (Phi) is 4.61. The molecule has 26 heavy (non-hydrogen) atoms. The summed E-state index contributed by atoms with van der Waals surface area (Å²) in [6.45, 7) is 3.64. The molecule has 1 aliphatic rings. The zero-order chi connectivity index (χ0) is 19.2. The monoisotopic (exact) mass is 382 g/mol. The number of hydrogen-bond donors (Lipinski definition) is 1. The second-order valence-electron chi connectivity index (χ2n) is 6.17. The molecule has 1 aromatic heterocycles. The molecule has 0 aliphatic carbocycles. The second kappa shape index (κ2) is 6.48. The fraction of sp³-hybridized carbons (Fsp3) is 0.412. The third-order valence-corrected chi connectivity index (χ3v) is 6.56. The highest BCUT2D eigenvalue weighted by Gasteiger charge is 2.37. The molecule has 140 valence electrons. The summed E-state index contributed by atoms with van der Waals surface area (Å²) in [5, 5.41) is 2.67. The maximum Gasteiger partial charge on any atom is 0.277 e. The number of fused-ring (bicyclic) bond motifs is 1. The van der Waals surface area contributed by atoms with Crippen molar-refractivity contribution in [2.75, 3.05) is 12.9 Å². The number of aromatic amines is 1. The van der Waals surface area contributed by atoms with E-state index in [1.165, 1.54) is 18.0 Å². The number of carbonyl (C=O) groups excluding carboxylic acids is 1. The number of aryl methyl sites for hydroxylation is 1. The minimum Gasteiger partial charge on any atom is -0.377 e. The lowest BCUT2D eigenvalue weighted by molar-refractivity contribution is 0.0944. The molecule has 2 heterocycles. The molecule has 1 aliphatic heterocycles. The highest BCUT2D eigenvalue weighted by molar-refractivity contribution is 7.91. The van der Waals surface area contributed by atoms with E-state index in [-0.39, 0.29) is 28.9 Å². The Bertz CT molecular complexity index is 1050. The van der Waals surface area contributed by atoms with Crippen LogP contribution in [-0.2, 0) is 21.1 Å². The number of nitrogens with one attached hydrogen (secondary N) is 1. The summed E-state index contributed by atoms with van der Waals surface area (Å²) in [4.78, 5) is 24.6. The molecule has 0 spiro atoms. The molecule has 3 rings (SSSR count). The van der Waals surface area contributed by atoms with E-state index in [9.17, 15) is 22.4 Å². The molecule has 0 amide bonds. The number of halogens is 1. The number of rotatable bonds is 4. The highest BCUT2D eigenvalue weighted by Crippen LogP contribution is 2.39. The van der Waals surface area contributed by atoms with Gasteiger partial charge in [0.2, 0.25) is 5.78 Å². The van der Waals surface area contributed by atoms with Gasteiger partial charge >= 0.3 is 0 Å². The van der Waals surface area contributed by atoms with Crippen molar-refractivity contribution in [1.82, 2.24) is 9.78 Å². The molecule has 0 bridgehead atoms. The van der Waals surface area contributed by atoms with Crippen LogP contribution in [0.4, 0.5) is 4.39 Å². The van der Waals surface area contributed by atoms with Gasteiger partial charge in [-0.25, -0.2) is 12.8 Å². The minimum atomic E-state index is -3.79. The van der Waals surface area contributed by atoms with Crippen LogP contribution in [0.15, 0.2) is 22.0 Å². The van der Waals surface area contributed by atoms with Crippen LogP contribution in [0.5, 0.6) is 0 Å². The molecule has 0 fully saturated rings. The van der Waals surface area contributed by atoms with Crippen molar-refractivity contribution in [2.24, 2.45) is 0 Å². The van der Waals surface area contributed by atoms with Crippen molar-refractivity contribution in [3.8, 4) is 0 Å². The van der Waals surface area contributed by atoms with Gasteiger partial charge < -0.3 is 9.84 Å². The van der Waals surface area contributed by atoms with Gasteiger partial charge in [-0.1, -0.05) is 0 Å². The summed E-state index contributed by atoms with van der Waals surface area (Å²) < 4.78 is 45.9. The van der Waals surface area contributed by atoms with Crippen LogP contribution < -0.4 is 5.56 Å². The quantitative estimate of drug-likeness (QED) is 0.812. The number of methoxy groups -OCH3 is 1. The predicted octanol–water partition coefficient (Wildman–Crippen LogP) is 1.74. The molecule has 7 nitrogen and oxygen atoms in total. The third-order valence-electron chi connectivity index (χ3n) is 4.75. The average molecular weight is 382 g/mol. The predicted molar refractivity (Wildman–Crippen MR) is 91.7 cm³/mol. The fourth-order valence-corrected chi connectivity index (χ4v) is 5.08. The highest BCUT2D eigenvalue weighted by atomic mass is 32.2. The SMILES string of the molecule is CCn1[nH]cc(C(=O)c2cc(F)c3c(c2C)C(OC)CCS3(=O)=O)c1=O. The Labute approximate surface area is 149 Å². The maximum absolute atomic E-state index is 14.7. The number of carbonyl (C=O) groups is 1. The first kappa shape index (κ1) is 18.5. The summed E-state index contributed by atoms with van der Waals surface area (Å²) in [5.74, 6) is -1.88. The van der Waals surface area contributed by atoms with Crippen molar-refractivity contribution in [2.45, 2.75) is 37.8 Å². The van der Waals surface area contributed by atoms with E-state index in [2.05, 4.69) is 5.10 Å². The van der Waals surface area contributed by atoms with Crippen molar-refractivity contribution in [1.29, 1.82) is 0 Å². The third kappa shape index (κ3) is 2.71. The molecule has 0 saturated heterocycles. The normalized spacial score (nSPS) is 18.5. The molecule has 0 radical (unpaired) electrons. The van der Waals surface area contributed by atoms with Gasteiger partial charge in [-0.2, -0.15) is 0 Å². The van der Waals surface area contributed by atoms with Crippen molar-refractivity contribution >= 4 is 15.6 Å². The first-order valence-electron chi connectivity index (χ1n) is 8.14. The zero-order valence-corrected chi connectivity index (χ0v) is 15.4. The van der Waals surface area contributed by atoms with Crippen molar-refractivity contribution in [3.63, 3.8) is 0 Å². The van der Waals surface area contributed by atoms with E-state index in [0.29, 0.717) is 12.1 Å². The van der Waals surface area contributed by atoms with E-state index >= 15 is 0 Å². The van der Waals surface area contributed by atoms with Crippen molar-refractivity contribution in [3.05, 3.63) is 50.7 Å². The number of nitrogens with zero attached hydrogens (tertiary/aromatic N) is 1. The lowest BCUT2D eigenvalue weighted by Gasteiger charge is -2.27. The van der Waals surface area contributed by atoms with Gasteiger partial charge in [0.1, 0.15) is 16.3 Å². The summed E-state index contributed by atoms with van der Waals surface area (Å²) >= 11 is 0. The van der Waals surface area contributed by atoms with Crippen LogP contribution in [0.25, 0.3) is 0 Å². The summed E-state index contributed by atoms with van der Waals surface area (Å²) in [5.41, 5.74) is -0.203. The molecular formula is C17H19FN2O5S. The number of ketones is 1. The number of hydrogen-bond acceptors (Lipinski definition) is 5. The van der Waals surface area contributed by atoms with Gasteiger partial charge in [-0.15, -0.1) is 0 Å². The Hall–Kier alpha value is -2.26. The Morgan fingerprint density at radius 2 is 2.12 bits per heavy atom. The zero-order valence-electron chi connectivity index (χ0n) is 14.6. The lowest BCUT2D eigenvalue weighted by Crippen LogP contribution is -2.26. The lowest BCUT2D eigenvalue weighted by atomic mass is 9.92. The Balaban J connectivity index is 2.25. The van der Waals surface area contributed by atoms with Crippen molar-refractivity contribution < 1.29 is 22.3 Å². The Morgan fingerprint density at radius 1 is 1.42 bits per heavy atom.